The van der Waals surface area contributed by atoms with Crippen molar-refractivity contribution in [3.8, 4) is 0 Å². The smallest absolute Gasteiger partial charge is 0.130 e. The molecule has 0 saturated carbocycles. The highest BCUT2D eigenvalue weighted by Crippen LogP contribution is 2.22. The first-order valence-electron chi connectivity index (χ1n) is 5.38. The van der Waals surface area contributed by atoms with Crippen LogP contribution in [0.15, 0.2) is 6.20 Å². The van der Waals surface area contributed by atoms with E-state index in [1.165, 1.54) is 17.0 Å². The standard InChI is InChI=1S/C11H17N3S/c1-8(12-2)5-11-13-6-9-7-15-4-3-10(9)14-11/h6,8,12H,3-5,7H2,1-2H3. The molecule has 0 aliphatic carbocycles. The molecule has 0 bridgehead atoms. The molecule has 1 aliphatic heterocycles. The molecule has 82 valence electrons. The van der Waals surface area contributed by atoms with Crippen molar-refractivity contribution in [2.45, 2.75) is 31.6 Å². The number of hydrogen-bond acceptors (Lipinski definition) is 4. The van der Waals surface area contributed by atoms with E-state index in [9.17, 15) is 0 Å². The first kappa shape index (κ1) is 10.9. The van der Waals surface area contributed by atoms with Gasteiger partial charge in [0, 0.05) is 35.7 Å². The predicted octanol–water partition coefficient (Wildman–Crippen LogP) is 1.42. The SMILES string of the molecule is CNC(C)Cc1ncc2c(n1)CCSC2. The highest BCUT2D eigenvalue weighted by molar-refractivity contribution is 7.98. The van der Waals surface area contributed by atoms with E-state index in [0.717, 1.165) is 24.4 Å². The van der Waals surface area contributed by atoms with E-state index in [4.69, 9.17) is 0 Å². The van der Waals surface area contributed by atoms with Gasteiger partial charge in [0.05, 0.1) is 0 Å². The van der Waals surface area contributed by atoms with Crippen LogP contribution in [0, 0.1) is 0 Å². The molecule has 2 rings (SSSR count). The Balaban J connectivity index is 2.13. The third-order valence-corrected chi connectivity index (χ3v) is 3.73. The Morgan fingerprint density at radius 2 is 2.47 bits per heavy atom. The number of aromatic nitrogens is 2. The summed E-state index contributed by atoms with van der Waals surface area (Å²) in [6.45, 7) is 2.15. The van der Waals surface area contributed by atoms with Gasteiger partial charge in [-0.25, -0.2) is 9.97 Å². The number of aryl methyl sites for hydroxylation is 1. The van der Waals surface area contributed by atoms with Gasteiger partial charge in [0.15, 0.2) is 0 Å². The van der Waals surface area contributed by atoms with Gasteiger partial charge in [0.1, 0.15) is 5.82 Å². The fraction of sp³-hybridized carbons (Fsp3) is 0.636. The van der Waals surface area contributed by atoms with Crippen molar-refractivity contribution in [2.24, 2.45) is 0 Å². The van der Waals surface area contributed by atoms with Crippen LogP contribution in [0.1, 0.15) is 24.0 Å². The van der Waals surface area contributed by atoms with Crippen molar-refractivity contribution in [3.63, 3.8) is 0 Å². The Hall–Kier alpha value is -0.610. The zero-order valence-corrected chi connectivity index (χ0v) is 10.1. The quantitative estimate of drug-likeness (QED) is 0.841. The summed E-state index contributed by atoms with van der Waals surface area (Å²) in [6.07, 6.45) is 4.02. The molecular weight excluding hydrogens is 206 g/mol. The topological polar surface area (TPSA) is 37.8 Å². The van der Waals surface area contributed by atoms with Gasteiger partial charge >= 0.3 is 0 Å². The van der Waals surface area contributed by atoms with Crippen LogP contribution in [-0.2, 0) is 18.6 Å². The lowest BCUT2D eigenvalue weighted by Gasteiger charge is -2.15. The second-order valence-electron chi connectivity index (χ2n) is 3.95. The van der Waals surface area contributed by atoms with Gasteiger partial charge in [0.2, 0.25) is 0 Å². The number of rotatable bonds is 3. The molecule has 1 aliphatic rings. The van der Waals surface area contributed by atoms with Crippen LogP contribution < -0.4 is 5.32 Å². The van der Waals surface area contributed by atoms with Crippen LogP contribution in [0.5, 0.6) is 0 Å². The minimum Gasteiger partial charge on any atom is -0.317 e. The first-order chi connectivity index (χ1) is 7.29. The molecule has 3 nitrogen and oxygen atoms in total. The number of likely N-dealkylation sites (N-methyl/N-ethyl adjacent to an activating group) is 1. The summed E-state index contributed by atoms with van der Waals surface area (Å²) in [7, 11) is 1.97. The summed E-state index contributed by atoms with van der Waals surface area (Å²) in [5, 5.41) is 3.21. The maximum atomic E-state index is 4.64. The minimum atomic E-state index is 0.445. The molecular formula is C11H17N3S. The normalized spacial score (nSPS) is 17.2. The molecule has 4 heteroatoms. The van der Waals surface area contributed by atoms with E-state index in [1.54, 1.807) is 0 Å². The van der Waals surface area contributed by atoms with E-state index < -0.39 is 0 Å². The molecule has 1 aromatic rings. The van der Waals surface area contributed by atoms with Crippen molar-refractivity contribution < 1.29 is 0 Å². The van der Waals surface area contributed by atoms with E-state index in [0.29, 0.717) is 6.04 Å². The van der Waals surface area contributed by atoms with Gasteiger partial charge < -0.3 is 5.32 Å². The maximum Gasteiger partial charge on any atom is 0.130 e. The van der Waals surface area contributed by atoms with Crippen molar-refractivity contribution >= 4 is 11.8 Å². The second-order valence-corrected chi connectivity index (χ2v) is 5.06. The van der Waals surface area contributed by atoms with E-state index in [1.807, 2.05) is 25.0 Å². The predicted molar refractivity (Wildman–Crippen MR) is 64.1 cm³/mol. The van der Waals surface area contributed by atoms with Gasteiger partial charge in [0.25, 0.3) is 0 Å². The first-order valence-corrected chi connectivity index (χ1v) is 6.53. The number of nitrogens with zero attached hydrogens (tertiary/aromatic N) is 2. The summed E-state index contributed by atoms with van der Waals surface area (Å²) >= 11 is 1.97. The van der Waals surface area contributed by atoms with Crippen molar-refractivity contribution in [2.75, 3.05) is 12.8 Å². The van der Waals surface area contributed by atoms with E-state index in [-0.39, 0.29) is 0 Å². The van der Waals surface area contributed by atoms with Crippen LogP contribution in [0.3, 0.4) is 0 Å². The van der Waals surface area contributed by atoms with E-state index in [2.05, 4.69) is 22.2 Å². The second kappa shape index (κ2) is 4.94. The third kappa shape index (κ3) is 2.69. The van der Waals surface area contributed by atoms with Crippen LogP contribution in [0.2, 0.25) is 0 Å². The van der Waals surface area contributed by atoms with Gasteiger partial charge in [-0.2, -0.15) is 11.8 Å². The molecule has 1 unspecified atom stereocenters. The fourth-order valence-corrected chi connectivity index (χ4v) is 2.59. The molecule has 0 spiro atoms. The minimum absolute atomic E-state index is 0.445. The van der Waals surface area contributed by atoms with Gasteiger partial charge in [-0.05, 0) is 26.1 Å². The lowest BCUT2D eigenvalue weighted by molar-refractivity contribution is 0.588. The maximum absolute atomic E-state index is 4.64. The Morgan fingerprint density at radius 1 is 1.60 bits per heavy atom. The average Bonchev–Trinajstić information content (AvgIpc) is 2.29. The number of fused-ring (bicyclic) bond motifs is 1. The van der Waals surface area contributed by atoms with Gasteiger partial charge in [-0.1, -0.05) is 0 Å². The van der Waals surface area contributed by atoms with Crippen LogP contribution in [0.4, 0.5) is 0 Å². The molecule has 1 aromatic heterocycles. The lowest BCUT2D eigenvalue weighted by Crippen LogP contribution is -2.25. The average molecular weight is 223 g/mol. The molecule has 0 saturated heterocycles. The summed E-state index contributed by atoms with van der Waals surface area (Å²) < 4.78 is 0. The van der Waals surface area contributed by atoms with Gasteiger partial charge in [-0.15, -0.1) is 0 Å². The number of hydrogen-bond donors (Lipinski definition) is 1. The molecule has 2 heterocycles. The summed E-state index contributed by atoms with van der Waals surface area (Å²) in [6, 6.07) is 0.445. The summed E-state index contributed by atoms with van der Waals surface area (Å²) in [4.78, 5) is 9.05. The van der Waals surface area contributed by atoms with Crippen molar-refractivity contribution in [1.82, 2.24) is 15.3 Å². The number of nitrogens with one attached hydrogen (secondary N) is 1. The highest BCUT2D eigenvalue weighted by atomic mass is 32.2. The summed E-state index contributed by atoms with van der Waals surface area (Å²) in [5.74, 6) is 3.25. The molecule has 0 aromatic carbocycles. The third-order valence-electron chi connectivity index (χ3n) is 2.73. The lowest BCUT2D eigenvalue weighted by atomic mass is 10.2. The van der Waals surface area contributed by atoms with Gasteiger partial charge in [-0.3, -0.25) is 0 Å². The number of thioether (sulfide) groups is 1. The Labute approximate surface area is 95.1 Å². The van der Waals surface area contributed by atoms with Crippen LogP contribution in [0.25, 0.3) is 0 Å². The zero-order chi connectivity index (χ0) is 10.7. The fourth-order valence-electron chi connectivity index (χ4n) is 1.65. The molecule has 1 atom stereocenters. The molecule has 15 heavy (non-hydrogen) atoms. The van der Waals surface area contributed by atoms with Crippen LogP contribution >= 0.6 is 11.8 Å². The molecule has 1 N–H and O–H groups in total. The van der Waals surface area contributed by atoms with Crippen LogP contribution in [-0.4, -0.2) is 28.8 Å². The largest absolute Gasteiger partial charge is 0.317 e. The Kier molecular flexibility index (Phi) is 3.59. The summed E-state index contributed by atoms with van der Waals surface area (Å²) in [5.41, 5.74) is 2.59. The zero-order valence-electron chi connectivity index (χ0n) is 9.29. The van der Waals surface area contributed by atoms with Crippen molar-refractivity contribution in [1.29, 1.82) is 0 Å². The Morgan fingerprint density at radius 3 is 3.27 bits per heavy atom. The molecule has 0 fully saturated rings. The molecule has 0 amide bonds. The van der Waals surface area contributed by atoms with E-state index >= 15 is 0 Å². The Bertz CT molecular complexity index is 341. The molecule has 0 radical (unpaired) electrons. The highest BCUT2D eigenvalue weighted by Gasteiger charge is 2.12. The monoisotopic (exact) mass is 223 g/mol. The van der Waals surface area contributed by atoms with Crippen molar-refractivity contribution in [3.05, 3.63) is 23.3 Å².